The van der Waals surface area contributed by atoms with Gasteiger partial charge in [0.25, 0.3) is 0 Å². The maximum absolute atomic E-state index is 12.6. The van der Waals surface area contributed by atoms with E-state index in [1.54, 1.807) is 0 Å². The maximum atomic E-state index is 12.6. The van der Waals surface area contributed by atoms with Gasteiger partial charge in [0.2, 0.25) is 0 Å². The highest BCUT2D eigenvalue weighted by atomic mass is 31.2. The molecule has 0 fully saturated rings. The quantitative estimate of drug-likeness (QED) is 0.0346. The van der Waals surface area contributed by atoms with E-state index in [-0.39, 0.29) is 12.8 Å². The number of aliphatic hydroxyl groups is 2. The molecule has 45 heavy (non-hydrogen) atoms. The SMILES string of the molecule is [2H]C([2H])(O)[C@]([2H])(O)C([2H])([2H])OP(=O)(O)OC[C@@H](COC(=O)CCCCCCCCCCCCC)OC(=O)CCCCCCCCCCCCC. The molecule has 0 aliphatic rings. The maximum Gasteiger partial charge on any atom is 0.472 e. The Balaban J connectivity index is 4.83. The van der Waals surface area contributed by atoms with Gasteiger partial charge >= 0.3 is 19.8 Å². The fourth-order valence-corrected chi connectivity index (χ4v) is 5.42. The van der Waals surface area contributed by atoms with Crippen LogP contribution in [0.1, 0.15) is 175 Å². The van der Waals surface area contributed by atoms with Gasteiger partial charge in [0, 0.05) is 12.8 Å². The van der Waals surface area contributed by atoms with Crippen LogP contribution in [0.15, 0.2) is 0 Å². The molecule has 0 aromatic rings. The van der Waals surface area contributed by atoms with E-state index in [4.69, 9.17) is 20.9 Å². The van der Waals surface area contributed by atoms with Crippen molar-refractivity contribution in [3.05, 3.63) is 0 Å². The average Bonchev–Trinajstić information content (AvgIpc) is 3.02. The molecule has 1 unspecified atom stereocenters. The number of esters is 2. The molecule has 268 valence electrons. The van der Waals surface area contributed by atoms with Crippen LogP contribution in [0.25, 0.3) is 0 Å². The molecule has 3 N–H and O–H groups in total. The third-order valence-corrected chi connectivity index (χ3v) is 8.28. The Morgan fingerprint density at radius 1 is 0.667 bits per heavy atom. The monoisotopic (exact) mass is 671 g/mol. The second-order valence-electron chi connectivity index (χ2n) is 11.8. The predicted molar refractivity (Wildman–Crippen MR) is 178 cm³/mol. The Kier molecular flexibility index (Phi) is 24.7. The molecule has 0 aliphatic carbocycles. The molecule has 0 amide bonds. The lowest BCUT2D eigenvalue weighted by molar-refractivity contribution is -0.161. The molecular formula is C34H67O10P. The van der Waals surface area contributed by atoms with Crippen LogP contribution in [0.4, 0.5) is 0 Å². The van der Waals surface area contributed by atoms with E-state index in [9.17, 15) is 29.3 Å². The molecule has 10 nitrogen and oxygen atoms in total. The molecule has 0 bridgehead atoms. The van der Waals surface area contributed by atoms with Gasteiger partial charge in [-0.15, -0.1) is 0 Å². The zero-order chi connectivity index (χ0) is 37.9. The minimum Gasteiger partial charge on any atom is -0.462 e. The summed E-state index contributed by atoms with van der Waals surface area (Å²) in [5.41, 5.74) is 0. The van der Waals surface area contributed by atoms with Gasteiger partial charge in [0.05, 0.1) is 26.6 Å². The second kappa shape index (κ2) is 31.6. The lowest BCUT2D eigenvalue weighted by Gasteiger charge is -2.20. The van der Waals surface area contributed by atoms with E-state index >= 15 is 0 Å². The summed E-state index contributed by atoms with van der Waals surface area (Å²) in [6.45, 7) is -4.82. The normalized spacial score (nSPS) is 17.1. The van der Waals surface area contributed by atoms with Crippen molar-refractivity contribution in [3.63, 3.8) is 0 Å². The van der Waals surface area contributed by atoms with Crippen molar-refractivity contribution >= 4 is 19.8 Å². The number of phosphoric ester groups is 1. The first-order chi connectivity index (χ1) is 23.5. The molecule has 3 atom stereocenters. The summed E-state index contributed by atoms with van der Waals surface area (Å²) in [5, 5.41) is 19.1. The van der Waals surface area contributed by atoms with Crippen LogP contribution in [0.3, 0.4) is 0 Å². The van der Waals surface area contributed by atoms with Gasteiger partial charge in [0.15, 0.2) is 6.10 Å². The third kappa shape index (κ3) is 31.3. The second-order valence-corrected chi connectivity index (χ2v) is 13.2. The molecule has 0 radical (unpaired) electrons. The van der Waals surface area contributed by atoms with E-state index < -0.39 is 58.3 Å². The summed E-state index contributed by atoms with van der Waals surface area (Å²) in [5.74, 6) is -1.22. The van der Waals surface area contributed by atoms with Crippen molar-refractivity contribution in [2.45, 2.75) is 180 Å². The Morgan fingerprint density at radius 3 is 1.49 bits per heavy atom. The lowest BCUT2D eigenvalue weighted by atomic mass is 10.1. The first-order valence-electron chi connectivity index (χ1n) is 20.0. The van der Waals surface area contributed by atoms with Crippen LogP contribution in [-0.4, -0.2) is 65.6 Å². The number of phosphoric acid groups is 1. The first kappa shape index (κ1) is 35.3. The average molecular weight is 672 g/mol. The summed E-state index contributed by atoms with van der Waals surface area (Å²) < 4.78 is 68.6. The van der Waals surface area contributed by atoms with Crippen molar-refractivity contribution < 1.29 is 54.6 Å². The van der Waals surface area contributed by atoms with Crippen LogP contribution in [-0.2, 0) is 32.7 Å². The zero-order valence-electron chi connectivity index (χ0n) is 33.1. The number of rotatable bonds is 34. The van der Waals surface area contributed by atoms with Gasteiger partial charge in [-0.25, -0.2) is 4.57 Å². The molecule has 0 saturated heterocycles. The zero-order valence-corrected chi connectivity index (χ0v) is 29.0. The molecule has 0 aliphatic heterocycles. The standard InChI is InChI=1S/C34H67O10P/c1-3-5-7-9-11-13-15-17-19-21-23-25-33(37)41-29-32(30-43-45(39,40)42-28-31(36)27-35)44-34(38)26-24-22-20-18-16-14-12-10-8-6-4-2/h31-32,35-36H,3-30H2,1-2H3,(H,39,40)/t31-,32+/m0/s1/i27D2,28D2,31D. The molecular weight excluding hydrogens is 599 g/mol. The first-order valence-corrected chi connectivity index (χ1v) is 19.0. The number of ether oxygens (including phenoxy) is 2. The molecule has 0 aromatic heterocycles. The Bertz CT molecular complexity index is 937. The van der Waals surface area contributed by atoms with Crippen LogP contribution in [0.5, 0.6) is 0 Å². The highest BCUT2D eigenvalue weighted by molar-refractivity contribution is 7.47. The summed E-state index contributed by atoms with van der Waals surface area (Å²) in [4.78, 5) is 35.0. The van der Waals surface area contributed by atoms with Crippen LogP contribution >= 0.6 is 7.82 Å². The fraction of sp³-hybridized carbons (Fsp3) is 0.941. The number of carbonyl (C=O) groups excluding carboxylic acids is 2. The summed E-state index contributed by atoms with van der Waals surface area (Å²) in [6, 6.07) is 0. The molecule has 11 heteroatoms. The van der Waals surface area contributed by atoms with Crippen molar-refractivity contribution in [2.75, 3.05) is 26.3 Å². The minimum absolute atomic E-state index is 0.0491. The minimum atomic E-state index is -5.48. The van der Waals surface area contributed by atoms with Crippen LogP contribution in [0.2, 0.25) is 0 Å². The summed E-state index contributed by atoms with van der Waals surface area (Å²) in [7, 11) is -5.48. The Labute approximate surface area is 281 Å². The molecule has 0 aromatic carbocycles. The van der Waals surface area contributed by atoms with Crippen molar-refractivity contribution in [2.24, 2.45) is 0 Å². The highest BCUT2D eigenvalue weighted by Crippen LogP contribution is 2.43. The Hall–Kier alpha value is -1.03. The molecule has 0 saturated carbocycles. The van der Waals surface area contributed by atoms with Crippen molar-refractivity contribution in [3.8, 4) is 0 Å². The van der Waals surface area contributed by atoms with E-state index in [1.165, 1.54) is 77.0 Å². The van der Waals surface area contributed by atoms with Gasteiger partial charge in [-0.1, -0.05) is 142 Å². The third-order valence-electron chi connectivity index (χ3n) is 7.48. The molecule has 0 heterocycles. The largest absolute Gasteiger partial charge is 0.472 e. The topological polar surface area (TPSA) is 149 Å². The predicted octanol–water partition coefficient (Wildman–Crippen LogP) is 8.33. The van der Waals surface area contributed by atoms with E-state index in [0.717, 1.165) is 51.4 Å². The number of hydrogen-bond acceptors (Lipinski definition) is 9. The fourth-order valence-electron chi connectivity index (χ4n) is 4.81. The number of unbranched alkanes of at least 4 members (excludes halogenated alkanes) is 20. The summed E-state index contributed by atoms with van der Waals surface area (Å²) in [6.07, 6.45) is 19.0. The van der Waals surface area contributed by atoms with Gasteiger partial charge in [-0.2, -0.15) is 0 Å². The number of carbonyl (C=O) groups is 2. The van der Waals surface area contributed by atoms with Crippen LogP contribution in [0, 0.1) is 0 Å². The lowest BCUT2D eigenvalue weighted by Crippen LogP contribution is -2.29. The highest BCUT2D eigenvalue weighted by Gasteiger charge is 2.27. The van der Waals surface area contributed by atoms with E-state index in [0.29, 0.717) is 12.8 Å². The van der Waals surface area contributed by atoms with Gasteiger partial charge in [-0.05, 0) is 12.8 Å². The van der Waals surface area contributed by atoms with Crippen molar-refractivity contribution in [1.29, 1.82) is 0 Å². The van der Waals surface area contributed by atoms with Crippen LogP contribution < -0.4 is 0 Å². The van der Waals surface area contributed by atoms with Gasteiger partial charge in [0.1, 0.15) is 12.7 Å². The van der Waals surface area contributed by atoms with Gasteiger partial charge < -0.3 is 24.6 Å². The number of hydrogen-bond donors (Lipinski definition) is 3. The van der Waals surface area contributed by atoms with E-state index in [2.05, 4.69) is 18.4 Å². The van der Waals surface area contributed by atoms with Crippen molar-refractivity contribution in [1.82, 2.24) is 0 Å². The summed E-state index contributed by atoms with van der Waals surface area (Å²) >= 11 is 0. The Morgan fingerprint density at radius 2 is 1.07 bits per heavy atom. The van der Waals surface area contributed by atoms with E-state index in [1.807, 2.05) is 0 Å². The molecule has 0 rings (SSSR count). The van der Waals surface area contributed by atoms with Gasteiger partial charge in [-0.3, -0.25) is 18.6 Å². The molecule has 0 spiro atoms. The smallest absolute Gasteiger partial charge is 0.462 e.